The van der Waals surface area contributed by atoms with Crippen molar-refractivity contribution in [3.8, 4) is 0 Å². The van der Waals surface area contributed by atoms with Crippen LogP contribution in [-0.2, 0) is 4.74 Å². The van der Waals surface area contributed by atoms with Crippen LogP contribution in [0.3, 0.4) is 0 Å². The Balaban J connectivity index is 1.34. The van der Waals surface area contributed by atoms with Gasteiger partial charge < -0.3 is 10.1 Å². The van der Waals surface area contributed by atoms with Crippen LogP contribution in [0.15, 0.2) is 24.3 Å². The van der Waals surface area contributed by atoms with Crippen molar-refractivity contribution in [1.82, 2.24) is 5.32 Å². The van der Waals surface area contributed by atoms with Crippen LogP contribution in [0.4, 0.5) is 0 Å². The Bertz CT molecular complexity index is 388. The van der Waals surface area contributed by atoms with Gasteiger partial charge in [0.2, 0.25) is 0 Å². The van der Waals surface area contributed by atoms with Gasteiger partial charge in [0.05, 0.1) is 6.10 Å². The number of aryl methyl sites for hydroxylation is 1. The van der Waals surface area contributed by atoms with E-state index >= 15 is 0 Å². The number of ether oxygens (including phenoxy) is 1. The lowest BCUT2D eigenvalue weighted by atomic mass is 9.75. The Morgan fingerprint density at radius 2 is 2.00 bits per heavy atom. The summed E-state index contributed by atoms with van der Waals surface area (Å²) in [4.78, 5) is 0. The van der Waals surface area contributed by atoms with E-state index in [0.29, 0.717) is 6.10 Å². The van der Waals surface area contributed by atoms with Gasteiger partial charge in [-0.15, -0.1) is 0 Å². The lowest BCUT2D eigenvalue weighted by Gasteiger charge is -2.36. The van der Waals surface area contributed by atoms with E-state index < -0.39 is 0 Å². The number of rotatable bonds is 5. The molecule has 104 valence electrons. The molecule has 2 aliphatic rings. The van der Waals surface area contributed by atoms with E-state index in [0.717, 1.165) is 25.1 Å². The molecule has 1 aromatic carbocycles. The van der Waals surface area contributed by atoms with E-state index in [4.69, 9.17) is 4.74 Å². The Kier molecular flexibility index (Phi) is 4.19. The van der Waals surface area contributed by atoms with Crippen molar-refractivity contribution in [1.29, 1.82) is 0 Å². The molecule has 1 N–H and O–H groups in total. The van der Waals surface area contributed by atoms with Crippen LogP contribution in [0, 0.1) is 6.92 Å². The van der Waals surface area contributed by atoms with Crippen molar-refractivity contribution in [2.24, 2.45) is 0 Å². The van der Waals surface area contributed by atoms with Gasteiger partial charge in [0.15, 0.2) is 0 Å². The minimum atomic E-state index is 0.528. The van der Waals surface area contributed by atoms with Crippen LogP contribution < -0.4 is 5.32 Å². The summed E-state index contributed by atoms with van der Waals surface area (Å²) in [6.07, 6.45) is 6.83. The van der Waals surface area contributed by atoms with E-state index in [1.807, 2.05) is 0 Å². The largest absolute Gasteiger partial charge is 0.378 e. The van der Waals surface area contributed by atoms with Gasteiger partial charge in [-0.05, 0) is 57.1 Å². The van der Waals surface area contributed by atoms with Crippen molar-refractivity contribution in [3.05, 3.63) is 35.4 Å². The van der Waals surface area contributed by atoms with Gasteiger partial charge in [-0.2, -0.15) is 0 Å². The highest BCUT2D eigenvalue weighted by Gasteiger charge is 2.29. The molecule has 0 spiro atoms. The van der Waals surface area contributed by atoms with Crippen LogP contribution >= 0.6 is 0 Å². The van der Waals surface area contributed by atoms with Crippen molar-refractivity contribution in [3.63, 3.8) is 0 Å². The van der Waals surface area contributed by atoms with E-state index in [9.17, 15) is 0 Å². The molecular formula is C17H25NO. The van der Waals surface area contributed by atoms with Crippen LogP contribution in [-0.4, -0.2) is 25.3 Å². The summed E-state index contributed by atoms with van der Waals surface area (Å²) in [6, 6.07) is 9.78. The molecule has 1 saturated heterocycles. The highest BCUT2D eigenvalue weighted by molar-refractivity contribution is 5.26. The first kappa shape index (κ1) is 13.1. The third-order valence-electron chi connectivity index (χ3n) is 4.61. The lowest BCUT2D eigenvalue weighted by molar-refractivity contribution is 0.102. The zero-order valence-corrected chi connectivity index (χ0v) is 11.9. The van der Waals surface area contributed by atoms with Gasteiger partial charge in [-0.25, -0.2) is 0 Å². The quantitative estimate of drug-likeness (QED) is 0.875. The molecule has 3 rings (SSSR count). The lowest BCUT2D eigenvalue weighted by Crippen LogP contribution is -2.41. The Labute approximate surface area is 116 Å². The van der Waals surface area contributed by atoms with E-state index in [1.165, 1.54) is 43.2 Å². The second-order valence-corrected chi connectivity index (χ2v) is 6.15. The normalized spacial score (nSPS) is 30.3. The minimum Gasteiger partial charge on any atom is -0.378 e. The summed E-state index contributed by atoms with van der Waals surface area (Å²) in [5, 5.41) is 3.68. The highest BCUT2D eigenvalue weighted by atomic mass is 16.5. The molecule has 2 heteroatoms. The molecule has 2 fully saturated rings. The van der Waals surface area contributed by atoms with Crippen LogP contribution in [0.25, 0.3) is 0 Å². The molecule has 1 unspecified atom stereocenters. The Hall–Kier alpha value is -0.860. The maximum Gasteiger partial charge on any atom is 0.0588 e. The van der Waals surface area contributed by atoms with Crippen LogP contribution in [0.2, 0.25) is 0 Å². The van der Waals surface area contributed by atoms with Gasteiger partial charge in [-0.3, -0.25) is 0 Å². The number of hydrogen-bond donors (Lipinski definition) is 1. The summed E-state index contributed by atoms with van der Waals surface area (Å²) >= 11 is 0. The summed E-state index contributed by atoms with van der Waals surface area (Å²) in [5.41, 5.74) is 2.87. The van der Waals surface area contributed by atoms with Gasteiger partial charge >= 0.3 is 0 Å². The second-order valence-electron chi connectivity index (χ2n) is 6.15. The first-order chi connectivity index (χ1) is 9.31. The molecule has 0 bridgehead atoms. The third-order valence-corrected chi connectivity index (χ3v) is 4.61. The first-order valence-corrected chi connectivity index (χ1v) is 7.73. The average Bonchev–Trinajstić information content (AvgIpc) is 2.87. The molecule has 1 saturated carbocycles. The fraction of sp³-hybridized carbons (Fsp3) is 0.647. The highest BCUT2D eigenvalue weighted by Crippen LogP contribution is 2.36. The zero-order chi connectivity index (χ0) is 13.1. The number of nitrogens with one attached hydrogen (secondary N) is 1. The Morgan fingerprint density at radius 3 is 2.68 bits per heavy atom. The molecule has 0 aromatic heterocycles. The molecule has 19 heavy (non-hydrogen) atoms. The van der Waals surface area contributed by atoms with E-state index in [2.05, 4.69) is 36.5 Å². The molecule has 0 radical (unpaired) electrons. The maximum atomic E-state index is 5.65. The number of hydrogen-bond acceptors (Lipinski definition) is 2. The summed E-state index contributed by atoms with van der Waals surface area (Å²) in [5.74, 6) is 0.779. The van der Waals surface area contributed by atoms with Crippen LogP contribution in [0.5, 0.6) is 0 Å². The summed E-state index contributed by atoms with van der Waals surface area (Å²) in [7, 11) is 0. The molecular weight excluding hydrogens is 234 g/mol. The zero-order valence-electron chi connectivity index (χ0n) is 11.9. The van der Waals surface area contributed by atoms with E-state index in [1.54, 1.807) is 0 Å². The minimum absolute atomic E-state index is 0.528. The standard InChI is InChI=1S/C17H25NO/c1-13-4-6-14(7-5-13)15-11-16(12-15)18-9-8-17-3-2-10-19-17/h4-7,15-18H,2-3,8-12H2,1H3. The number of benzene rings is 1. The summed E-state index contributed by atoms with van der Waals surface area (Å²) < 4.78 is 5.65. The van der Waals surface area contributed by atoms with Crippen LogP contribution in [0.1, 0.15) is 49.1 Å². The second kappa shape index (κ2) is 6.06. The fourth-order valence-electron chi connectivity index (χ4n) is 3.22. The van der Waals surface area contributed by atoms with Crippen molar-refractivity contribution >= 4 is 0 Å². The fourth-order valence-corrected chi connectivity index (χ4v) is 3.22. The van der Waals surface area contributed by atoms with E-state index in [-0.39, 0.29) is 0 Å². The molecule has 1 heterocycles. The maximum absolute atomic E-state index is 5.65. The molecule has 1 aliphatic heterocycles. The van der Waals surface area contributed by atoms with Crippen molar-refractivity contribution < 1.29 is 4.74 Å². The SMILES string of the molecule is Cc1ccc(C2CC(NCCC3CCCO3)C2)cc1. The Morgan fingerprint density at radius 1 is 1.21 bits per heavy atom. The monoisotopic (exact) mass is 259 g/mol. The van der Waals surface area contributed by atoms with Crippen molar-refractivity contribution in [2.45, 2.75) is 57.1 Å². The van der Waals surface area contributed by atoms with Gasteiger partial charge in [-0.1, -0.05) is 29.8 Å². The summed E-state index contributed by atoms with van der Waals surface area (Å²) in [6.45, 7) is 4.25. The molecule has 1 aliphatic carbocycles. The smallest absolute Gasteiger partial charge is 0.0588 e. The van der Waals surface area contributed by atoms with Gasteiger partial charge in [0.25, 0.3) is 0 Å². The molecule has 2 nitrogen and oxygen atoms in total. The molecule has 1 atom stereocenters. The predicted molar refractivity (Wildman–Crippen MR) is 78.5 cm³/mol. The first-order valence-electron chi connectivity index (χ1n) is 7.73. The van der Waals surface area contributed by atoms with Gasteiger partial charge in [0, 0.05) is 12.6 Å². The predicted octanol–water partition coefficient (Wildman–Crippen LogP) is 3.40. The molecule has 0 amide bonds. The third kappa shape index (κ3) is 3.37. The van der Waals surface area contributed by atoms with Crippen molar-refractivity contribution in [2.75, 3.05) is 13.2 Å². The topological polar surface area (TPSA) is 21.3 Å². The molecule has 1 aromatic rings. The average molecular weight is 259 g/mol. The van der Waals surface area contributed by atoms with Gasteiger partial charge in [0.1, 0.15) is 0 Å².